The second kappa shape index (κ2) is 30.8. The number of halogens is 3. The van der Waals surface area contributed by atoms with Gasteiger partial charge in [-0.1, -0.05) is 108 Å². The first-order valence-electron chi connectivity index (χ1n) is 31.1. The Bertz CT molecular complexity index is 4490. The number of anilines is 2. The molecule has 14 rings (SSSR count). The molecule has 24 nitrogen and oxygen atoms in total. The molecule has 0 amide bonds. The maximum absolute atomic E-state index is 9.10. The first kappa shape index (κ1) is 71.3. The molecule has 0 saturated carbocycles. The maximum Gasteiger partial charge on any atom is 0.260 e. The van der Waals surface area contributed by atoms with Crippen LogP contribution in [0.15, 0.2) is 144 Å². The number of benzene rings is 3. The third kappa shape index (κ3) is 16.1. The molecule has 96 heavy (non-hydrogen) atoms. The lowest BCUT2D eigenvalue weighted by Crippen LogP contribution is -2.44. The van der Waals surface area contributed by atoms with Crippen LogP contribution in [-0.4, -0.2) is 147 Å². The molecular weight excluding hydrogens is 1360 g/mol. The molecule has 3 N–H and O–H groups in total. The Hall–Kier alpha value is -9.01. The Kier molecular flexibility index (Phi) is 22.9. The van der Waals surface area contributed by atoms with Gasteiger partial charge in [0.05, 0.1) is 23.0 Å². The SMILES string of the molecule is CC(C)(O)C(C)(C)O.Cn1c(Br)nc2c(Cl)ncnc21.[B]c1cnn(C)c1.[C-]#[N+]C1(c2ccccc2)CCN(c2ncnc3c2nc(-c2cnn(C)c2)n3C)CC1.[C-]#[N+]C1(c2ccccc2)CCN(c2ncnc3c2nc(Br)n3C)CC1.[C-]#[N+]C1(c2ccccc2)CCNCC1. The molecule has 0 aliphatic carbocycles. The summed E-state index contributed by atoms with van der Waals surface area (Å²) in [5.41, 5.74) is 6.40. The fourth-order valence-corrected chi connectivity index (χ4v) is 12.1. The van der Waals surface area contributed by atoms with Crippen molar-refractivity contribution in [3.8, 4) is 11.4 Å². The molecule has 11 heterocycles. The van der Waals surface area contributed by atoms with Crippen molar-refractivity contribution in [2.24, 2.45) is 35.2 Å². The van der Waals surface area contributed by atoms with E-state index in [2.05, 4.69) is 148 Å². The van der Waals surface area contributed by atoms with Crippen molar-refractivity contribution in [3.63, 3.8) is 0 Å². The molecule has 11 aromatic rings. The number of nitrogens with one attached hydrogen (secondary N) is 1. The molecule has 0 spiro atoms. The highest BCUT2D eigenvalue weighted by Gasteiger charge is 2.45. The molecule has 8 aromatic heterocycles. The summed E-state index contributed by atoms with van der Waals surface area (Å²) < 4.78 is 10.5. The Balaban J connectivity index is 0.000000146. The second-order valence-electron chi connectivity index (χ2n) is 24.7. The average Bonchev–Trinajstić information content (AvgIpc) is 1.57. The minimum atomic E-state index is -1.01. The molecule has 3 aromatic carbocycles. The minimum Gasteiger partial charge on any atom is -0.387 e. The average molecular weight is 1440 g/mol. The van der Waals surface area contributed by atoms with E-state index >= 15 is 0 Å². The Morgan fingerprint density at radius 2 is 0.885 bits per heavy atom. The Morgan fingerprint density at radius 1 is 0.510 bits per heavy atom. The zero-order valence-corrected chi connectivity index (χ0v) is 59.1. The van der Waals surface area contributed by atoms with Crippen LogP contribution >= 0.6 is 43.5 Å². The van der Waals surface area contributed by atoms with Crippen LogP contribution < -0.4 is 20.6 Å². The first-order chi connectivity index (χ1) is 45.9. The Morgan fingerprint density at radius 3 is 1.25 bits per heavy atom. The monoisotopic (exact) mass is 1440 g/mol. The van der Waals surface area contributed by atoms with Gasteiger partial charge in [-0.25, -0.2) is 64.6 Å². The Labute approximate surface area is 582 Å². The number of hydrogen-bond donors (Lipinski definition) is 3. The van der Waals surface area contributed by atoms with Crippen molar-refractivity contribution in [2.75, 3.05) is 49.1 Å². The smallest absolute Gasteiger partial charge is 0.260 e. The predicted octanol–water partition coefficient (Wildman–Crippen LogP) is 10.4. The summed E-state index contributed by atoms with van der Waals surface area (Å²) in [6.07, 6.45) is 16.6. The molecule has 0 atom stereocenters. The van der Waals surface area contributed by atoms with Crippen LogP contribution in [0.2, 0.25) is 5.15 Å². The van der Waals surface area contributed by atoms with E-state index < -0.39 is 22.3 Å². The lowest BCUT2D eigenvalue weighted by Gasteiger charge is -2.34. The van der Waals surface area contributed by atoms with Gasteiger partial charge < -0.3 is 53.6 Å². The number of aliphatic hydroxyl groups is 2. The third-order valence-electron chi connectivity index (χ3n) is 17.7. The van der Waals surface area contributed by atoms with E-state index in [1.807, 2.05) is 105 Å². The van der Waals surface area contributed by atoms with Gasteiger partial charge in [0.1, 0.15) is 38.2 Å². The van der Waals surface area contributed by atoms with Gasteiger partial charge in [-0.05, 0) is 59.6 Å². The lowest BCUT2D eigenvalue weighted by atomic mass is 9.81. The van der Waals surface area contributed by atoms with Crippen molar-refractivity contribution in [3.05, 3.63) is 200 Å². The van der Waals surface area contributed by atoms with Crippen LogP contribution in [0.4, 0.5) is 11.6 Å². The van der Waals surface area contributed by atoms with Gasteiger partial charge in [0.25, 0.3) is 16.6 Å². The molecule has 3 aliphatic rings. The molecular formula is C68H76BBr2ClN22O2. The van der Waals surface area contributed by atoms with Crippen LogP contribution in [0.3, 0.4) is 0 Å². The van der Waals surface area contributed by atoms with Crippen molar-refractivity contribution < 1.29 is 10.2 Å². The predicted molar refractivity (Wildman–Crippen MR) is 382 cm³/mol. The van der Waals surface area contributed by atoms with E-state index in [1.165, 1.54) is 11.9 Å². The molecule has 3 aliphatic heterocycles. The van der Waals surface area contributed by atoms with Crippen LogP contribution in [0.25, 0.3) is 59.4 Å². The summed E-state index contributed by atoms with van der Waals surface area (Å²) in [6, 6.07) is 30.5. The van der Waals surface area contributed by atoms with E-state index in [0.29, 0.717) is 20.9 Å². The number of aromatic nitrogens is 16. The second-order valence-corrected chi connectivity index (χ2v) is 26.4. The molecule has 28 heteroatoms. The van der Waals surface area contributed by atoms with Gasteiger partial charge >= 0.3 is 0 Å². The molecule has 3 saturated heterocycles. The standard InChI is InChI=1S/C22H22N8.C18H17BrN6.C12H14N2.C6H4BrClN4.C6H14O2.C4H5BN2/c1-23-22(17-7-5-4-6-8-17)9-11-30(12-10-22)21-18-20(24-15-25-21)29(3)19(27-18)16-13-26-28(2)14-16;1-20-18(13-6-4-3-5-7-13)8-10-25(11-9-18)16-14-15(21-12-22-16)24(2)17(19)23-14;1-13-12(7-9-14-10-8-12)11-5-3-2-4-6-11;1-12-5-3(11-6(12)7)4(8)9-2-10-5;1-5(2,7)6(3,4)8;1-7-3-4(5)2-6-7/h4-8,13-15H,9-12H2,2-3H3;3-7,12H,8-11H2,2H3;2-6,14H,7-10H2;2H,1H3;7-8H,1-4H3;2-3H,1H3. The van der Waals surface area contributed by atoms with Crippen LogP contribution in [0.1, 0.15) is 82.9 Å². The summed E-state index contributed by atoms with van der Waals surface area (Å²) in [5, 5.41) is 30.0. The number of nitrogens with zero attached hydrogens (tertiary/aromatic N) is 21. The first-order valence-corrected chi connectivity index (χ1v) is 33.0. The van der Waals surface area contributed by atoms with E-state index in [-0.39, 0.29) is 5.54 Å². The highest BCUT2D eigenvalue weighted by Crippen LogP contribution is 2.41. The van der Waals surface area contributed by atoms with Crippen LogP contribution in [0, 0.1) is 19.7 Å². The normalized spacial score (nSPS) is 15.5. The van der Waals surface area contributed by atoms with Crippen LogP contribution in [0.5, 0.6) is 0 Å². The molecule has 2 radical (unpaired) electrons. The fourth-order valence-electron chi connectivity index (χ4n) is 11.2. The van der Waals surface area contributed by atoms with Crippen LogP contribution in [-0.2, 0) is 51.9 Å². The molecule has 494 valence electrons. The highest BCUT2D eigenvalue weighted by atomic mass is 79.9. The number of rotatable bonds is 7. The summed E-state index contributed by atoms with van der Waals surface area (Å²) in [5.74, 6) is 2.49. The van der Waals surface area contributed by atoms with Gasteiger partial charge in [0.15, 0.2) is 54.2 Å². The van der Waals surface area contributed by atoms with Crippen molar-refractivity contribution in [2.45, 2.75) is 94.0 Å². The van der Waals surface area contributed by atoms with Gasteiger partial charge in [0.2, 0.25) is 0 Å². The lowest BCUT2D eigenvalue weighted by molar-refractivity contribution is -0.107. The van der Waals surface area contributed by atoms with E-state index in [0.717, 1.165) is 145 Å². The quantitative estimate of drug-likeness (QED) is 0.0582. The van der Waals surface area contributed by atoms with E-state index in [9.17, 15) is 0 Å². The zero-order chi connectivity index (χ0) is 69.0. The van der Waals surface area contributed by atoms with Crippen molar-refractivity contribution >= 4 is 102 Å². The van der Waals surface area contributed by atoms with Gasteiger partial charge in [-0.2, -0.15) is 10.2 Å². The van der Waals surface area contributed by atoms with E-state index in [4.69, 9.17) is 54.4 Å². The number of imidazole rings is 3. The topological polar surface area (TPSA) is 238 Å². The molecule has 0 unspecified atom stereocenters. The summed E-state index contributed by atoms with van der Waals surface area (Å²) in [4.78, 5) is 55.7. The van der Waals surface area contributed by atoms with Gasteiger partial charge in [-0.15, -0.1) is 0 Å². The van der Waals surface area contributed by atoms with Crippen molar-refractivity contribution in [1.82, 2.24) is 83.4 Å². The number of piperidine rings is 3. The molecule has 3 fully saturated rings. The van der Waals surface area contributed by atoms with Crippen molar-refractivity contribution in [1.29, 1.82) is 0 Å². The van der Waals surface area contributed by atoms with Gasteiger partial charge in [0, 0.05) is 148 Å². The minimum absolute atomic E-state index is 0.257. The number of fused-ring (bicyclic) bond motifs is 3. The number of hydrogen-bond acceptors (Lipinski definition) is 16. The maximum atomic E-state index is 9.10. The summed E-state index contributed by atoms with van der Waals surface area (Å²) in [7, 11) is 14.8. The summed E-state index contributed by atoms with van der Waals surface area (Å²) in [6.45, 7) is 34.3. The summed E-state index contributed by atoms with van der Waals surface area (Å²) >= 11 is 12.5. The van der Waals surface area contributed by atoms with Gasteiger partial charge in [-0.3, -0.25) is 9.36 Å². The van der Waals surface area contributed by atoms with E-state index in [1.54, 1.807) is 72.9 Å². The number of aryl methyl sites for hydroxylation is 5. The third-order valence-corrected chi connectivity index (χ3v) is 19.4. The zero-order valence-electron chi connectivity index (χ0n) is 55.2. The highest BCUT2D eigenvalue weighted by molar-refractivity contribution is 9.10. The fraction of sp³-hybridized carbons (Fsp3) is 0.382. The largest absolute Gasteiger partial charge is 0.387 e. The molecule has 0 bridgehead atoms.